The van der Waals surface area contributed by atoms with E-state index in [0.717, 1.165) is 36.3 Å². The van der Waals surface area contributed by atoms with Crippen molar-refractivity contribution >= 4 is 0 Å². The van der Waals surface area contributed by atoms with Gasteiger partial charge in [-0.2, -0.15) is 0 Å². The van der Waals surface area contributed by atoms with E-state index in [0.29, 0.717) is 5.75 Å². The van der Waals surface area contributed by atoms with Crippen molar-refractivity contribution < 1.29 is 14.6 Å². The van der Waals surface area contributed by atoms with E-state index in [9.17, 15) is 5.11 Å². The molecule has 2 aromatic rings. The smallest absolute Gasteiger partial charge is 0.125 e. The van der Waals surface area contributed by atoms with E-state index in [4.69, 9.17) is 9.47 Å². The third-order valence-corrected chi connectivity index (χ3v) is 6.31. The summed E-state index contributed by atoms with van der Waals surface area (Å²) in [5.41, 5.74) is 2.22. The highest BCUT2D eigenvalue weighted by atomic mass is 16.5. The molecular weight excluding hydrogens is 384 g/mol. The maximum Gasteiger partial charge on any atom is 0.125 e. The number of phenolic OH excluding ortho intramolecular Hbond substituents is 1. The zero-order valence-corrected chi connectivity index (χ0v) is 19.2. The Kier molecular flexibility index (Phi) is 10.2. The first-order valence-electron chi connectivity index (χ1n) is 12.4. The number of hydrogen-bond acceptors (Lipinski definition) is 3. The van der Waals surface area contributed by atoms with Crippen molar-refractivity contribution in [2.75, 3.05) is 6.61 Å². The minimum Gasteiger partial charge on any atom is -0.508 e. The fourth-order valence-corrected chi connectivity index (χ4v) is 4.41. The van der Waals surface area contributed by atoms with Crippen LogP contribution in [0.3, 0.4) is 0 Å². The average Bonchev–Trinajstić information content (AvgIpc) is 2.81. The van der Waals surface area contributed by atoms with Crippen LogP contribution in [0.1, 0.15) is 84.0 Å². The lowest BCUT2D eigenvalue weighted by Gasteiger charge is -2.31. The molecule has 1 fully saturated rings. The molecule has 1 aliphatic heterocycles. The van der Waals surface area contributed by atoms with E-state index in [1.807, 2.05) is 12.1 Å². The predicted molar refractivity (Wildman–Crippen MR) is 129 cm³/mol. The first kappa shape index (κ1) is 23.7. The molecule has 0 aliphatic carbocycles. The summed E-state index contributed by atoms with van der Waals surface area (Å²) < 4.78 is 12.5. The summed E-state index contributed by atoms with van der Waals surface area (Å²) in [4.78, 5) is 0. The highest BCUT2D eigenvalue weighted by Crippen LogP contribution is 2.28. The Balaban J connectivity index is 1.51. The van der Waals surface area contributed by atoms with E-state index in [1.54, 1.807) is 12.1 Å². The van der Waals surface area contributed by atoms with E-state index >= 15 is 0 Å². The summed E-state index contributed by atoms with van der Waals surface area (Å²) >= 11 is 0. The van der Waals surface area contributed by atoms with Gasteiger partial charge in [-0.15, -0.1) is 0 Å². The molecule has 0 amide bonds. The highest BCUT2D eigenvalue weighted by Gasteiger charge is 2.26. The van der Waals surface area contributed by atoms with Gasteiger partial charge in [0.05, 0.1) is 6.10 Å². The summed E-state index contributed by atoms with van der Waals surface area (Å²) in [6.45, 7) is 3.14. The summed E-state index contributed by atoms with van der Waals surface area (Å²) in [6.07, 6.45) is 15.6. The standard InChI is InChI=1S/C28H40O3/c1-2-3-4-5-6-7-8-9-13-28(27-12-10-11-22-30-27)31-26-20-16-24(17-21-26)23-14-18-25(29)19-15-23/h14-21,27-29H,2-13,22H2,1H3. The van der Waals surface area contributed by atoms with E-state index in [1.165, 1.54) is 64.2 Å². The van der Waals surface area contributed by atoms with E-state index in [-0.39, 0.29) is 12.2 Å². The molecule has 1 saturated heterocycles. The number of unbranched alkanes of at least 4 members (excludes halogenated alkanes) is 7. The fraction of sp³-hybridized carbons (Fsp3) is 0.571. The van der Waals surface area contributed by atoms with Gasteiger partial charge in [0.25, 0.3) is 0 Å². The molecule has 3 nitrogen and oxygen atoms in total. The Morgan fingerprint density at radius 3 is 2.06 bits per heavy atom. The molecule has 0 saturated carbocycles. The number of hydrogen-bond donors (Lipinski definition) is 1. The lowest BCUT2D eigenvalue weighted by atomic mass is 9.98. The van der Waals surface area contributed by atoms with Crippen molar-refractivity contribution in [1.29, 1.82) is 0 Å². The summed E-state index contributed by atoms with van der Waals surface area (Å²) in [7, 11) is 0. The molecule has 0 bridgehead atoms. The number of benzene rings is 2. The Labute approximate surface area is 188 Å². The molecule has 2 aromatic carbocycles. The van der Waals surface area contributed by atoms with Crippen LogP contribution in [0.15, 0.2) is 48.5 Å². The van der Waals surface area contributed by atoms with Crippen LogP contribution in [-0.4, -0.2) is 23.9 Å². The zero-order chi connectivity index (χ0) is 21.7. The van der Waals surface area contributed by atoms with Crippen LogP contribution in [0.4, 0.5) is 0 Å². The minimum atomic E-state index is 0.139. The van der Waals surface area contributed by atoms with Crippen LogP contribution in [0.5, 0.6) is 11.5 Å². The van der Waals surface area contributed by atoms with E-state index in [2.05, 4.69) is 31.2 Å². The number of ether oxygens (including phenoxy) is 2. The van der Waals surface area contributed by atoms with Crippen LogP contribution < -0.4 is 4.74 Å². The average molecular weight is 425 g/mol. The van der Waals surface area contributed by atoms with Crippen molar-refractivity contribution in [3.8, 4) is 22.6 Å². The normalized spacial score (nSPS) is 17.4. The molecule has 1 aliphatic rings. The monoisotopic (exact) mass is 424 g/mol. The number of rotatable bonds is 13. The highest BCUT2D eigenvalue weighted by molar-refractivity contribution is 5.64. The van der Waals surface area contributed by atoms with Gasteiger partial charge in [-0.25, -0.2) is 0 Å². The van der Waals surface area contributed by atoms with Gasteiger partial charge in [-0.1, -0.05) is 76.1 Å². The second-order valence-corrected chi connectivity index (χ2v) is 8.90. The quantitative estimate of drug-likeness (QED) is 0.332. The molecule has 170 valence electrons. The topological polar surface area (TPSA) is 38.7 Å². The van der Waals surface area contributed by atoms with Gasteiger partial charge in [0, 0.05) is 6.61 Å². The molecule has 3 rings (SSSR count). The molecule has 2 atom stereocenters. The second-order valence-electron chi connectivity index (χ2n) is 8.90. The van der Waals surface area contributed by atoms with Gasteiger partial charge < -0.3 is 14.6 Å². The van der Waals surface area contributed by atoms with Crippen molar-refractivity contribution in [2.45, 2.75) is 96.2 Å². The van der Waals surface area contributed by atoms with Gasteiger partial charge in [-0.3, -0.25) is 0 Å². The van der Waals surface area contributed by atoms with Gasteiger partial charge in [0.2, 0.25) is 0 Å². The van der Waals surface area contributed by atoms with Crippen molar-refractivity contribution in [1.82, 2.24) is 0 Å². The maximum atomic E-state index is 9.49. The fourth-order valence-electron chi connectivity index (χ4n) is 4.41. The van der Waals surface area contributed by atoms with Crippen molar-refractivity contribution in [2.24, 2.45) is 0 Å². The number of aromatic hydroxyl groups is 1. The molecule has 0 aromatic heterocycles. The molecular formula is C28H40O3. The largest absolute Gasteiger partial charge is 0.508 e. The van der Waals surface area contributed by atoms with Crippen molar-refractivity contribution in [3.63, 3.8) is 0 Å². The third-order valence-electron chi connectivity index (χ3n) is 6.31. The first-order chi connectivity index (χ1) is 15.3. The van der Waals surface area contributed by atoms with E-state index < -0.39 is 0 Å². The summed E-state index contributed by atoms with van der Waals surface area (Å²) in [5.74, 6) is 1.21. The second kappa shape index (κ2) is 13.4. The summed E-state index contributed by atoms with van der Waals surface area (Å²) in [5, 5.41) is 9.49. The Hall–Kier alpha value is -2.00. The molecule has 3 heteroatoms. The Morgan fingerprint density at radius 2 is 1.45 bits per heavy atom. The third kappa shape index (κ3) is 8.22. The molecule has 0 spiro atoms. The van der Waals surface area contributed by atoms with Gasteiger partial charge >= 0.3 is 0 Å². The molecule has 31 heavy (non-hydrogen) atoms. The lowest BCUT2D eigenvalue weighted by Crippen LogP contribution is -2.36. The van der Waals surface area contributed by atoms with Gasteiger partial charge in [0.1, 0.15) is 17.6 Å². The molecule has 1 N–H and O–H groups in total. The predicted octanol–water partition coefficient (Wildman–Crippen LogP) is 7.91. The minimum absolute atomic E-state index is 0.139. The van der Waals surface area contributed by atoms with Crippen LogP contribution in [0.2, 0.25) is 0 Å². The Bertz CT molecular complexity index is 717. The maximum absolute atomic E-state index is 9.49. The zero-order valence-electron chi connectivity index (χ0n) is 19.2. The lowest BCUT2D eigenvalue weighted by molar-refractivity contribution is -0.0549. The molecule has 1 heterocycles. The van der Waals surface area contributed by atoms with Crippen LogP contribution in [-0.2, 0) is 4.74 Å². The van der Waals surface area contributed by atoms with Crippen molar-refractivity contribution in [3.05, 3.63) is 48.5 Å². The molecule has 2 unspecified atom stereocenters. The van der Waals surface area contributed by atoms with Crippen LogP contribution >= 0.6 is 0 Å². The number of phenols is 1. The first-order valence-corrected chi connectivity index (χ1v) is 12.4. The van der Waals surface area contributed by atoms with Gasteiger partial charge in [-0.05, 0) is 67.5 Å². The van der Waals surface area contributed by atoms with Gasteiger partial charge in [0.15, 0.2) is 0 Å². The summed E-state index contributed by atoms with van der Waals surface area (Å²) in [6, 6.07) is 15.6. The van der Waals surface area contributed by atoms with Crippen LogP contribution in [0, 0.1) is 0 Å². The molecule has 0 radical (unpaired) electrons. The van der Waals surface area contributed by atoms with Crippen LogP contribution in [0.25, 0.3) is 11.1 Å². The SMILES string of the molecule is CCCCCCCCCCC(Oc1ccc(-c2ccc(O)cc2)cc1)C1CCCCO1. The Morgan fingerprint density at radius 1 is 0.839 bits per heavy atom.